The van der Waals surface area contributed by atoms with Gasteiger partial charge in [-0.15, -0.1) is 0 Å². The second-order valence-corrected chi connectivity index (χ2v) is 9.21. The summed E-state index contributed by atoms with van der Waals surface area (Å²) in [5.41, 5.74) is 3.82. The van der Waals surface area contributed by atoms with Crippen LogP contribution in [0.3, 0.4) is 0 Å². The van der Waals surface area contributed by atoms with Gasteiger partial charge in [-0.3, -0.25) is 0 Å². The van der Waals surface area contributed by atoms with Crippen molar-refractivity contribution in [3.8, 4) is 11.3 Å². The highest BCUT2D eigenvalue weighted by atomic mass is 79.9. The molecule has 3 rings (SSSR count). The largest absolute Gasteiger partial charge is 0.345 e. The summed E-state index contributed by atoms with van der Waals surface area (Å²) in [6.45, 7) is 2.00. The predicted molar refractivity (Wildman–Crippen MR) is 116 cm³/mol. The van der Waals surface area contributed by atoms with Gasteiger partial charge in [0.05, 0.1) is 20.8 Å². The van der Waals surface area contributed by atoms with Crippen LogP contribution in [0.2, 0.25) is 15.1 Å². The number of H-pyrrole nitrogens is 1. The number of aryl methyl sites for hydroxylation is 1. The van der Waals surface area contributed by atoms with Gasteiger partial charge >= 0.3 is 0 Å². The van der Waals surface area contributed by atoms with Gasteiger partial charge in [0, 0.05) is 31.1 Å². The molecule has 0 unspecified atom stereocenters. The molecule has 0 saturated heterocycles. The maximum absolute atomic E-state index is 6.11. The first-order valence-electron chi connectivity index (χ1n) is 7.10. The lowest BCUT2D eigenvalue weighted by molar-refractivity contribution is 1.02. The Morgan fingerprint density at radius 2 is 1.52 bits per heavy atom. The number of aromatic amines is 1. The zero-order valence-corrected chi connectivity index (χ0v) is 19.8. The molecule has 2 aromatic carbocycles. The molecule has 0 bridgehead atoms. The quantitative estimate of drug-likeness (QED) is 0.243. The normalized spacial score (nSPS) is 11.2. The Hall–Kier alpha value is -0.0400. The van der Waals surface area contributed by atoms with Crippen LogP contribution < -0.4 is 0 Å². The number of halogens is 6. The second-order valence-electron chi connectivity index (χ2n) is 5.45. The van der Waals surface area contributed by atoms with Crippen LogP contribution in [0, 0.1) is 6.92 Å². The van der Waals surface area contributed by atoms with Crippen molar-refractivity contribution in [1.82, 2.24) is 9.97 Å². The number of hydrogen-bond acceptors (Lipinski definition) is 1. The molecule has 1 N–H and O–H groups in total. The van der Waals surface area contributed by atoms with Gasteiger partial charge in [-0.25, -0.2) is 4.98 Å². The summed E-state index contributed by atoms with van der Waals surface area (Å²) in [5.74, 6) is 0.827. The van der Waals surface area contributed by atoms with E-state index in [0.717, 1.165) is 41.8 Å². The highest BCUT2D eigenvalue weighted by molar-refractivity contribution is 9.13. The number of aromatic nitrogens is 2. The van der Waals surface area contributed by atoms with E-state index >= 15 is 0 Å². The van der Waals surface area contributed by atoms with Crippen LogP contribution in [0.25, 0.3) is 11.3 Å². The summed E-state index contributed by atoms with van der Waals surface area (Å²) in [5, 5.41) is 1.24. The lowest BCUT2D eigenvalue weighted by atomic mass is 10.1. The Bertz CT molecular complexity index is 947. The van der Waals surface area contributed by atoms with Crippen LogP contribution in [0.4, 0.5) is 0 Å². The molecule has 0 aliphatic carbocycles. The van der Waals surface area contributed by atoms with Gasteiger partial charge in [-0.1, -0.05) is 50.7 Å². The minimum absolute atomic E-state index is 0.368. The molecule has 130 valence electrons. The third-order valence-electron chi connectivity index (χ3n) is 3.61. The first-order chi connectivity index (χ1) is 11.8. The third kappa shape index (κ3) is 4.28. The second kappa shape index (κ2) is 7.91. The van der Waals surface area contributed by atoms with Crippen LogP contribution in [0.5, 0.6) is 0 Å². The van der Waals surface area contributed by atoms with E-state index in [0.29, 0.717) is 21.5 Å². The maximum atomic E-state index is 6.11. The monoisotopic (exact) mass is 584 g/mol. The molecule has 0 aliphatic heterocycles. The number of nitrogens with one attached hydrogen (secondary N) is 1. The fourth-order valence-corrected chi connectivity index (χ4v) is 4.64. The molecular formula is C17H10Br3Cl3N2. The zero-order chi connectivity index (χ0) is 18.3. The fourth-order valence-electron chi connectivity index (χ4n) is 2.48. The van der Waals surface area contributed by atoms with Gasteiger partial charge in [0.1, 0.15) is 5.82 Å². The minimum Gasteiger partial charge on any atom is -0.345 e. The molecule has 0 atom stereocenters. The molecule has 25 heavy (non-hydrogen) atoms. The summed E-state index contributed by atoms with van der Waals surface area (Å²) in [4.78, 5) is 8.08. The van der Waals surface area contributed by atoms with E-state index in [9.17, 15) is 0 Å². The Labute approximate surface area is 185 Å². The summed E-state index contributed by atoms with van der Waals surface area (Å²) in [7, 11) is 0. The van der Waals surface area contributed by atoms with Crippen LogP contribution in [0.15, 0.2) is 37.7 Å². The Kier molecular flexibility index (Phi) is 6.24. The standard InChI is InChI=1S/C17H10Br3Cl3N2/c1-7-17(9-5-11(19)12(20)6-10(9)18)25-15(24-7)4-8-2-13(21)16(23)14(22)3-8/h2-3,5-6H,4H2,1H3,(H,24,25). The van der Waals surface area contributed by atoms with Crippen molar-refractivity contribution in [2.75, 3.05) is 0 Å². The Morgan fingerprint density at radius 3 is 2.16 bits per heavy atom. The van der Waals surface area contributed by atoms with E-state index in [1.54, 1.807) is 12.1 Å². The van der Waals surface area contributed by atoms with Gasteiger partial charge < -0.3 is 4.98 Å². The molecule has 0 aliphatic rings. The lowest BCUT2D eigenvalue weighted by Gasteiger charge is -2.05. The van der Waals surface area contributed by atoms with Crippen LogP contribution >= 0.6 is 82.6 Å². The average Bonchev–Trinajstić information content (AvgIpc) is 2.88. The molecular weight excluding hydrogens is 578 g/mol. The number of hydrogen-bond donors (Lipinski definition) is 1. The van der Waals surface area contributed by atoms with E-state index < -0.39 is 0 Å². The Morgan fingerprint density at radius 1 is 0.920 bits per heavy atom. The van der Waals surface area contributed by atoms with Crippen molar-refractivity contribution in [2.24, 2.45) is 0 Å². The maximum Gasteiger partial charge on any atom is 0.111 e. The van der Waals surface area contributed by atoms with Crippen molar-refractivity contribution in [3.05, 3.63) is 69.8 Å². The summed E-state index contributed by atoms with van der Waals surface area (Å²) < 4.78 is 2.90. The minimum atomic E-state index is 0.368. The van der Waals surface area contributed by atoms with Crippen molar-refractivity contribution >= 4 is 82.6 Å². The van der Waals surface area contributed by atoms with Gasteiger partial charge in [-0.05, 0) is 68.6 Å². The summed E-state index contributed by atoms with van der Waals surface area (Å²) >= 11 is 28.9. The van der Waals surface area contributed by atoms with E-state index in [1.807, 2.05) is 19.1 Å². The van der Waals surface area contributed by atoms with E-state index in [1.165, 1.54) is 0 Å². The van der Waals surface area contributed by atoms with Crippen LogP contribution in [0.1, 0.15) is 17.1 Å². The van der Waals surface area contributed by atoms with Crippen molar-refractivity contribution < 1.29 is 0 Å². The smallest absolute Gasteiger partial charge is 0.111 e. The highest BCUT2D eigenvalue weighted by Gasteiger charge is 2.15. The van der Waals surface area contributed by atoms with E-state index in [-0.39, 0.29) is 0 Å². The van der Waals surface area contributed by atoms with Gasteiger partial charge in [0.25, 0.3) is 0 Å². The van der Waals surface area contributed by atoms with E-state index in [2.05, 4.69) is 52.8 Å². The molecule has 0 spiro atoms. The molecule has 0 amide bonds. The van der Waals surface area contributed by atoms with Crippen molar-refractivity contribution in [3.63, 3.8) is 0 Å². The highest BCUT2D eigenvalue weighted by Crippen LogP contribution is 2.37. The van der Waals surface area contributed by atoms with Crippen molar-refractivity contribution in [1.29, 1.82) is 0 Å². The fraction of sp³-hybridized carbons (Fsp3) is 0.118. The molecule has 0 fully saturated rings. The van der Waals surface area contributed by atoms with Crippen molar-refractivity contribution in [2.45, 2.75) is 13.3 Å². The van der Waals surface area contributed by atoms with Gasteiger partial charge in [0.2, 0.25) is 0 Å². The molecule has 8 heteroatoms. The van der Waals surface area contributed by atoms with Crippen LogP contribution in [-0.2, 0) is 6.42 Å². The molecule has 1 heterocycles. The number of nitrogens with zero attached hydrogens (tertiary/aromatic N) is 1. The molecule has 3 aromatic rings. The molecule has 0 radical (unpaired) electrons. The summed E-state index contributed by atoms with van der Waals surface area (Å²) in [6.07, 6.45) is 0.576. The van der Waals surface area contributed by atoms with Crippen LogP contribution in [-0.4, -0.2) is 9.97 Å². The van der Waals surface area contributed by atoms with Gasteiger partial charge in [0.15, 0.2) is 0 Å². The SMILES string of the molecule is Cc1[nH]c(Cc2cc(Cl)c(Cl)c(Cl)c2)nc1-c1cc(Br)c(Br)cc1Br. The predicted octanol–water partition coefficient (Wildman–Crippen LogP) is 8.22. The lowest BCUT2D eigenvalue weighted by Crippen LogP contribution is -1.92. The number of imidazole rings is 1. The first kappa shape index (κ1) is 19.7. The summed E-state index contributed by atoms with van der Waals surface area (Å²) in [6, 6.07) is 7.63. The third-order valence-corrected chi connectivity index (χ3v) is 7.31. The topological polar surface area (TPSA) is 28.7 Å². The number of benzene rings is 2. The number of rotatable bonds is 3. The zero-order valence-electron chi connectivity index (χ0n) is 12.7. The Balaban J connectivity index is 1.97. The van der Waals surface area contributed by atoms with Gasteiger partial charge in [-0.2, -0.15) is 0 Å². The molecule has 1 aromatic heterocycles. The first-order valence-corrected chi connectivity index (χ1v) is 10.6. The average molecular weight is 588 g/mol. The van der Waals surface area contributed by atoms with E-state index in [4.69, 9.17) is 39.8 Å². The molecule has 0 saturated carbocycles. The molecule has 2 nitrogen and oxygen atoms in total.